The number of hydrogen-bond acceptors (Lipinski definition) is 3. The fraction of sp³-hybridized carbons (Fsp3) is 0.364. The standard InChI is InChI=1S/C22H27N3O3/c1-3-28-20-7-5-4-6-17(20)14-15-23-22(27)24-18-9-11-19(12-10-18)25-16(2)8-13-21(25)26/h4-7,9-12,16H,3,8,13-15H2,1-2H3,(H2,23,24,27)/t16-/m1/s1. The van der Waals surface area contributed by atoms with Gasteiger partial charge in [-0.1, -0.05) is 18.2 Å². The van der Waals surface area contributed by atoms with Crippen molar-refractivity contribution in [2.75, 3.05) is 23.4 Å². The second-order valence-corrected chi connectivity index (χ2v) is 6.87. The van der Waals surface area contributed by atoms with E-state index in [2.05, 4.69) is 10.6 Å². The number of ether oxygens (including phenoxy) is 1. The molecule has 0 unspecified atom stereocenters. The van der Waals surface area contributed by atoms with Crippen molar-refractivity contribution < 1.29 is 14.3 Å². The zero-order valence-electron chi connectivity index (χ0n) is 16.4. The lowest BCUT2D eigenvalue weighted by molar-refractivity contribution is -0.117. The number of para-hydroxylation sites is 1. The van der Waals surface area contributed by atoms with Crippen LogP contribution in [0.3, 0.4) is 0 Å². The van der Waals surface area contributed by atoms with Gasteiger partial charge in [0.15, 0.2) is 0 Å². The maximum Gasteiger partial charge on any atom is 0.319 e. The molecule has 0 radical (unpaired) electrons. The molecule has 2 aromatic carbocycles. The first kappa shape index (κ1) is 19.7. The second-order valence-electron chi connectivity index (χ2n) is 6.87. The van der Waals surface area contributed by atoms with Crippen LogP contribution in [0.2, 0.25) is 0 Å². The van der Waals surface area contributed by atoms with Crippen LogP contribution < -0.4 is 20.3 Å². The molecule has 0 aromatic heterocycles. The molecule has 3 rings (SSSR count). The van der Waals surface area contributed by atoms with Crippen LogP contribution in [0.25, 0.3) is 0 Å². The SMILES string of the molecule is CCOc1ccccc1CCNC(=O)Nc1ccc(N2C(=O)CC[C@H]2C)cc1. The Hall–Kier alpha value is -3.02. The molecule has 3 amide bonds. The van der Waals surface area contributed by atoms with Crippen molar-refractivity contribution >= 4 is 23.3 Å². The van der Waals surface area contributed by atoms with E-state index in [4.69, 9.17) is 4.74 Å². The zero-order valence-corrected chi connectivity index (χ0v) is 16.4. The number of anilines is 2. The van der Waals surface area contributed by atoms with Gasteiger partial charge in [0.25, 0.3) is 0 Å². The van der Waals surface area contributed by atoms with Gasteiger partial charge in [-0.3, -0.25) is 4.79 Å². The number of carbonyl (C=O) groups is 2. The Morgan fingerprint density at radius 2 is 1.93 bits per heavy atom. The Balaban J connectivity index is 1.49. The molecule has 1 aliphatic rings. The number of nitrogens with one attached hydrogen (secondary N) is 2. The van der Waals surface area contributed by atoms with Crippen molar-refractivity contribution in [3.8, 4) is 5.75 Å². The summed E-state index contributed by atoms with van der Waals surface area (Å²) in [5.41, 5.74) is 2.63. The Bertz CT molecular complexity index is 820. The summed E-state index contributed by atoms with van der Waals surface area (Å²) < 4.78 is 5.60. The Morgan fingerprint density at radius 1 is 1.18 bits per heavy atom. The van der Waals surface area contributed by atoms with Gasteiger partial charge in [0.2, 0.25) is 5.91 Å². The van der Waals surface area contributed by atoms with E-state index in [0.717, 1.165) is 23.4 Å². The number of urea groups is 1. The average molecular weight is 381 g/mol. The maximum absolute atomic E-state index is 12.1. The summed E-state index contributed by atoms with van der Waals surface area (Å²) in [6.45, 7) is 5.12. The fourth-order valence-electron chi connectivity index (χ4n) is 3.42. The molecule has 6 nitrogen and oxygen atoms in total. The quantitative estimate of drug-likeness (QED) is 0.762. The maximum atomic E-state index is 12.1. The Kier molecular flexibility index (Phi) is 6.53. The number of benzene rings is 2. The van der Waals surface area contributed by atoms with E-state index in [1.165, 1.54) is 0 Å². The minimum Gasteiger partial charge on any atom is -0.494 e. The lowest BCUT2D eigenvalue weighted by atomic mass is 10.1. The molecule has 148 valence electrons. The molecule has 0 saturated carbocycles. The summed E-state index contributed by atoms with van der Waals surface area (Å²) in [6.07, 6.45) is 2.17. The zero-order chi connectivity index (χ0) is 19.9. The summed E-state index contributed by atoms with van der Waals surface area (Å²) in [5.74, 6) is 1.01. The third-order valence-electron chi connectivity index (χ3n) is 4.84. The smallest absolute Gasteiger partial charge is 0.319 e. The molecule has 1 atom stereocenters. The van der Waals surface area contributed by atoms with Gasteiger partial charge >= 0.3 is 6.03 Å². The highest BCUT2D eigenvalue weighted by Gasteiger charge is 2.28. The molecule has 1 heterocycles. The number of carbonyl (C=O) groups excluding carboxylic acids is 2. The van der Waals surface area contributed by atoms with Crippen molar-refractivity contribution in [3.05, 3.63) is 54.1 Å². The van der Waals surface area contributed by atoms with Gasteiger partial charge in [-0.05, 0) is 62.6 Å². The molecule has 28 heavy (non-hydrogen) atoms. The van der Waals surface area contributed by atoms with Crippen LogP contribution in [-0.2, 0) is 11.2 Å². The first-order valence-electron chi connectivity index (χ1n) is 9.76. The van der Waals surface area contributed by atoms with Crippen LogP contribution in [0, 0.1) is 0 Å². The second kappa shape index (κ2) is 9.26. The topological polar surface area (TPSA) is 70.7 Å². The van der Waals surface area contributed by atoms with E-state index in [-0.39, 0.29) is 18.0 Å². The fourth-order valence-corrected chi connectivity index (χ4v) is 3.42. The normalized spacial score (nSPS) is 16.1. The highest BCUT2D eigenvalue weighted by Crippen LogP contribution is 2.27. The predicted molar refractivity (Wildman–Crippen MR) is 111 cm³/mol. The molecular weight excluding hydrogens is 354 g/mol. The van der Waals surface area contributed by atoms with Crippen LogP contribution in [0.15, 0.2) is 48.5 Å². The van der Waals surface area contributed by atoms with Gasteiger partial charge in [0.05, 0.1) is 6.61 Å². The summed E-state index contributed by atoms with van der Waals surface area (Å²) in [6, 6.07) is 15.2. The van der Waals surface area contributed by atoms with E-state index in [9.17, 15) is 9.59 Å². The molecule has 0 aliphatic carbocycles. The van der Waals surface area contributed by atoms with Crippen LogP contribution in [0.4, 0.5) is 16.2 Å². The van der Waals surface area contributed by atoms with E-state index >= 15 is 0 Å². The van der Waals surface area contributed by atoms with Crippen molar-refractivity contribution in [1.29, 1.82) is 0 Å². The molecule has 0 bridgehead atoms. The predicted octanol–water partition coefficient (Wildman–Crippen LogP) is 3.96. The molecule has 6 heteroatoms. The third kappa shape index (κ3) is 4.82. The van der Waals surface area contributed by atoms with Gasteiger partial charge in [-0.15, -0.1) is 0 Å². The van der Waals surface area contributed by atoms with Gasteiger partial charge in [-0.25, -0.2) is 4.79 Å². The van der Waals surface area contributed by atoms with Gasteiger partial charge < -0.3 is 20.3 Å². The number of nitrogens with zero attached hydrogens (tertiary/aromatic N) is 1. The summed E-state index contributed by atoms with van der Waals surface area (Å²) >= 11 is 0. The van der Waals surface area contributed by atoms with Crippen molar-refractivity contribution in [3.63, 3.8) is 0 Å². The molecular formula is C22H27N3O3. The van der Waals surface area contributed by atoms with E-state index in [1.807, 2.05) is 67.3 Å². The Labute approximate surface area is 165 Å². The van der Waals surface area contributed by atoms with Crippen molar-refractivity contribution in [2.24, 2.45) is 0 Å². The van der Waals surface area contributed by atoms with Crippen molar-refractivity contribution in [1.82, 2.24) is 5.32 Å². The molecule has 1 saturated heterocycles. The van der Waals surface area contributed by atoms with Crippen molar-refractivity contribution in [2.45, 2.75) is 39.2 Å². The monoisotopic (exact) mass is 381 g/mol. The van der Waals surface area contributed by atoms with E-state index in [1.54, 1.807) is 0 Å². The molecule has 1 fully saturated rings. The van der Waals surface area contributed by atoms with Crippen LogP contribution in [0.5, 0.6) is 5.75 Å². The van der Waals surface area contributed by atoms with E-state index in [0.29, 0.717) is 31.7 Å². The van der Waals surface area contributed by atoms with E-state index < -0.39 is 0 Å². The van der Waals surface area contributed by atoms with Gasteiger partial charge in [0.1, 0.15) is 5.75 Å². The van der Waals surface area contributed by atoms with Crippen LogP contribution in [-0.4, -0.2) is 31.1 Å². The van der Waals surface area contributed by atoms with Gasteiger partial charge in [-0.2, -0.15) is 0 Å². The van der Waals surface area contributed by atoms with Crippen LogP contribution >= 0.6 is 0 Å². The Morgan fingerprint density at radius 3 is 2.61 bits per heavy atom. The molecule has 2 aromatic rings. The lowest BCUT2D eigenvalue weighted by Gasteiger charge is -2.22. The third-order valence-corrected chi connectivity index (χ3v) is 4.84. The average Bonchev–Trinajstić information content (AvgIpc) is 3.02. The number of amides is 3. The highest BCUT2D eigenvalue weighted by molar-refractivity contribution is 5.96. The number of rotatable bonds is 7. The highest BCUT2D eigenvalue weighted by atomic mass is 16.5. The molecule has 0 spiro atoms. The molecule has 2 N–H and O–H groups in total. The number of hydrogen-bond donors (Lipinski definition) is 2. The van der Waals surface area contributed by atoms with Gasteiger partial charge in [0, 0.05) is 30.4 Å². The lowest BCUT2D eigenvalue weighted by Crippen LogP contribution is -2.31. The van der Waals surface area contributed by atoms with Crippen LogP contribution in [0.1, 0.15) is 32.3 Å². The minimum absolute atomic E-state index is 0.151. The molecule has 1 aliphatic heterocycles. The largest absolute Gasteiger partial charge is 0.494 e. The minimum atomic E-state index is -0.257. The first-order valence-corrected chi connectivity index (χ1v) is 9.76. The first-order chi connectivity index (χ1) is 13.6. The summed E-state index contributed by atoms with van der Waals surface area (Å²) in [5, 5.41) is 5.69. The summed E-state index contributed by atoms with van der Waals surface area (Å²) in [7, 11) is 0. The summed E-state index contributed by atoms with van der Waals surface area (Å²) in [4.78, 5) is 25.9.